The maximum absolute atomic E-state index is 12.6. The third kappa shape index (κ3) is 4.09. The fourth-order valence-electron chi connectivity index (χ4n) is 3.09. The van der Waals surface area contributed by atoms with Crippen LogP contribution >= 0.6 is 11.6 Å². The molecule has 1 aliphatic heterocycles. The van der Waals surface area contributed by atoms with E-state index in [0.29, 0.717) is 23.6 Å². The molecule has 0 bridgehead atoms. The Bertz CT molecular complexity index is 926. The summed E-state index contributed by atoms with van der Waals surface area (Å²) in [6.07, 6.45) is 0.317. The van der Waals surface area contributed by atoms with Gasteiger partial charge in [0.15, 0.2) is 0 Å². The van der Waals surface area contributed by atoms with Gasteiger partial charge in [0.25, 0.3) is 0 Å². The van der Waals surface area contributed by atoms with E-state index in [1.165, 1.54) is 0 Å². The van der Waals surface area contributed by atoms with Crippen LogP contribution in [0.1, 0.15) is 17.5 Å². The van der Waals surface area contributed by atoms with Crippen LogP contribution in [0.5, 0.6) is 0 Å². The molecule has 26 heavy (non-hydrogen) atoms. The van der Waals surface area contributed by atoms with Crippen molar-refractivity contribution in [1.29, 1.82) is 0 Å². The minimum atomic E-state index is -3.60. The average molecular weight is 393 g/mol. The number of anilines is 1. The zero-order valence-corrected chi connectivity index (χ0v) is 16.3. The number of sulfonamides is 1. The van der Waals surface area contributed by atoms with Gasteiger partial charge in [0.1, 0.15) is 0 Å². The maximum atomic E-state index is 12.6. The van der Waals surface area contributed by atoms with E-state index >= 15 is 0 Å². The van der Waals surface area contributed by atoms with Gasteiger partial charge in [0, 0.05) is 30.2 Å². The number of amides is 1. The van der Waals surface area contributed by atoms with Gasteiger partial charge in [0.2, 0.25) is 15.9 Å². The Morgan fingerprint density at radius 2 is 1.85 bits per heavy atom. The van der Waals surface area contributed by atoms with Crippen LogP contribution in [0.2, 0.25) is 5.02 Å². The lowest BCUT2D eigenvalue weighted by Gasteiger charge is -2.17. The fourth-order valence-corrected chi connectivity index (χ4v) is 4.66. The predicted molar refractivity (Wildman–Crippen MR) is 103 cm³/mol. The Balaban J connectivity index is 1.68. The largest absolute Gasteiger partial charge is 0.312 e. The summed E-state index contributed by atoms with van der Waals surface area (Å²) in [4.78, 5) is 14.2. The molecule has 138 valence electrons. The van der Waals surface area contributed by atoms with Crippen LogP contribution in [-0.4, -0.2) is 27.4 Å². The number of carbonyl (C=O) groups is 1. The second kappa shape index (κ2) is 7.39. The molecule has 1 saturated heterocycles. The number of rotatable bonds is 5. The van der Waals surface area contributed by atoms with Crippen LogP contribution in [-0.2, 0) is 14.8 Å². The second-order valence-electron chi connectivity index (χ2n) is 6.67. The Morgan fingerprint density at radius 1 is 1.15 bits per heavy atom. The minimum Gasteiger partial charge on any atom is -0.312 e. The minimum absolute atomic E-state index is 0.0109. The van der Waals surface area contributed by atoms with E-state index < -0.39 is 10.0 Å². The Hall–Kier alpha value is -1.89. The number of nitrogens with one attached hydrogen (secondary N) is 1. The molecule has 1 fully saturated rings. The van der Waals surface area contributed by atoms with E-state index in [1.54, 1.807) is 48.2 Å². The van der Waals surface area contributed by atoms with Crippen molar-refractivity contribution in [2.75, 3.05) is 18.0 Å². The van der Waals surface area contributed by atoms with E-state index in [2.05, 4.69) is 4.72 Å². The van der Waals surface area contributed by atoms with Gasteiger partial charge in [-0.2, -0.15) is 0 Å². The number of benzene rings is 2. The molecule has 1 amide bonds. The summed E-state index contributed by atoms with van der Waals surface area (Å²) < 4.78 is 27.9. The van der Waals surface area contributed by atoms with E-state index in [0.717, 1.165) is 11.3 Å². The van der Waals surface area contributed by atoms with E-state index in [-0.39, 0.29) is 23.3 Å². The van der Waals surface area contributed by atoms with Gasteiger partial charge in [0.05, 0.1) is 4.90 Å². The van der Waals surface area contributed by atoms with Crippen molar-refractivity contribution in [3.05, 3.63) is 58.6 Å². The highest BCUT2D eigenvalue weighted by atomic mass is 35.5. The summed E-state index contributed by atoms with van der Waals surface area (Å²) in [7, 11) is -3.60. The summed E-state index contributed by atoms with van der Waals surface area (Å²) >= 11 is 5.89. The number of nitrogens with zero attached hydrogens (tertiary/aromatic N) is 1. The summed E-state index contributed by atoms with van der Waals surface area (Å²) in [5, 5.41) is 0.609. The van der Waals surface area contributed by atoms with Crippen molar-refractivity contribution >= 4 is 33.2 Å². The van der Waals surface area contributed by atoms with E-state index in [9.17, 15) is 13.2 Å². The highest BCUT2D eigenvalue weighted by Gasteiger charge is 2.31. The SMILES string of the molecule is Cc1ccc(C)c(S(=O)(=O)NC[C@H]2CC(=O)N(c3ccc(Cl)cc3)C2)c1. The van der Waals surface area contributed by atoms with Crippen molar-refractivity contribution < 1.29 is 13.2 Å². The number of hydrogen-bond donors (Lipinski definition) is 1. The number of hydrogen-bond acceptors (Lipinski definition) is 3. The van der Waals surface area contributed by atoms with Crippen molar-refractivity contribution in [3.8, 4) is 0 Å². The predicted octanol–water partition coefficient (Wildman–Crippen LogP) is 3.29. The summed E-state index contributed by atoms with van der Waals surface area (Å²) in [5.74, 6) is -0.0821. The smallest absolute Gasteiger partial charge is 0.240 e. The standard InChI is InChI=1S/C19H21ClN2O3S/c1-13-3-4-14(2)18(9-13)26(24,25)21-11-15-10-19(23)22(12-15)17-7-5-16(20)6-8-17/h3-9,15,21H,10-12H2,1-2H3/t15-/m1/s1. The number of carbonyl (C=O) groups excluding carboxylic acids is 1. The zero-order valence-electron chi connectivity index (χ0n) is 14.7. The normalized spacial score (nSPS) is 17.7. The third-order valence-electron chi connectivity index (χ3n) is 4.54. The quantitative estimate of drug-likeness (QED) is 0.849. The first-order valence-electron chi connectivity index (χ1n) is 8.39. The summed E-state index contributed by atoms with van der Waals surface area (Å²) in [6, 6.07) is 12.4. The number of aryl methyl sites for hydroxylation is 2. The van der Waals surface area contributed by atoms with Gasteiger partial charge in [-0.15, -0.1) is 0 Å². The molecule has 2 aromatic carbocycles. The molecule has 1 heterocycles. The first kappa shape index (κ1) is 18.9. The molecule has 1 atom stereocenters. The molecule has 1 aliphatic rings. The molecule has 0 aromatic heterocycles. The topological polar surface area (TPSA) is 66.5 Å². The average Bonchev–Trinajstić information content (AvgIpc) is 2.97. The van der Waals surface area contributed by atoms with Gasteiger partial charge < -0.3 is 4.90 Å². The molecule has 0 unspecified atom stereocenters. The molecule has 1 N–H and O–H groups in total. The summed E-state index contributed by atoms with van der Waals surface area (Å²) in [6.45, 7) is 4.34. The van der Waals surface area contributed by atoms with Gasteiger partial charge >= 0.3 is 0 Å². The van der Waals surface area contributed by atoms with Crippen LogP contribution in [0.3, 0.4) is 0 Å². The molecule has 0 radical (unpaired) electrons. The van der Waals surface area contributed by atoms with Crippen molar-refractivity contribution in [2.24, 2.45) is 5.92 Å². The lowest BCUT2D eigenvalue weighted by molar-refractivity contribution is -0.117. The Kier molecular flexibility index (Phi) is 5.37. The molecule has 5 nitrogen and oxygen atoms in total. The molecular weight excluding hydrogens is 372 g/mol. The van der Waals surface area contributed by atoms with Gasteiger partial charge in [-0.25, -0.2) is 13.1 Å². The molecule has 7 heteroatoms. The van der Waals surface area contributed by atoms with Crippen LogP contribution in [0.15, 0.2) is 47.4 Å². The van der Waals surface area contributed by atoms with Gasteiger partial charge in [-0.3, -0.25) is 4.79 Å². The van der Waals surface area contributed by atoms with Crippen LogP contribution in [0, 0.1) is 19.8 Å². The molecule has 3 rings (SSSR count). The Labute approximate surface area is 159 Å². The van der Waals surface area contributed by atoms with Crippen molar-refractivity contribution in [3.63, 3.8) is 0 Å². The highest BCUT2D eigenvalue weighted by molar-refractivity contribution is 7.89. The lowest BCUT2D eigenvalue weighted by atomic mass is 10.1. The van der Waals surface area contributed by atoms with Gasteiger partial charge in [-0.05, 0) is 61.2 Å². The number of halogens is 1. The maximum Gasteiger partial charge on any atom is 0.240 e. The molecule has 2 aromatic rings. The first-order valence-corrected chi connectivity index (χ1v) is 10.3. The third-order valence-corrected chi connectivity index (χ3v) is 6.36. The van der Waals surface area contributed by atoms with Gasteiger partial charge in [-0.1, -0.05) is 23.7 Å². The van der Waals surface area contributed by atoms with E-state index in [4.69, 9.17) is 11.6 Å². The lowest BCUT2D eigenvalue weighted by Crippen LogP contribution is -2.31. The molecule has 0 saturated carbocycles. The van der Waals surface area contributed by atoms with Crippen LogP contribution < -0.4 is 9.62 Å². The summed E-state index contributed by atoms with van der Waals surface area (Å²) in [5.41, 5.74) is 2.37. The first-order chi connectivity index (χ1) is 12.3. The van der Waals surface area contributed by atoms with Crippen LogP contribution in [0.25, 0.3) is 0 Å². The molecular formula is C19H21ClN2O3S. The highest BCUT2D eigenvalue weighted by Crippen LogP contribution is 2.26. The van der Waals surface area contributed by atoms with E-state index in [1.807, 2.05) is 13.0 Å². The monoisotopic (exact) mass is 392 g/mol. The second-order valence-corrected chi connectivity index (χ2v) is 8.84. The zero-order chi connectivity index (χ0) is 18.9. The molecule has 0 aliphatic carbocycles. The van der Waals surface area contributed by atoms with Crippen molar-refractivity contribution in [2.45, 2.75) is 25.2 Å². The fraction of sp³-hybridized carbons (Fsp3) is 0.316. The molecule has 0 spiro atoms. The van der Waals surface area contributed by atoms with Crippen LogP contribution in [0.4, 0.5) is 5.69 Å². The van der Waals surface area contributed by atoms with Crippen molar-refractivity contribution in [1.82, 2.24) is 4.72 Å². The Morgan fingerprint density at radius 3 is 2.54 bits per heavy atom.